The Hall–Kier alpha value is -4.25. The highest BCUT2D eigenvalue weighted by Gasteiger charge is 2.14. The normalized spacial score (nSPS) is 11.4. The second-order valence-corrected chi connectivity index (χ2v) is 7.43. The minimum absolute atomic E-state index is 0.272. The van der Waals surface area contributed by atoms with Gasteiger partial charge in [-0.1, -0.05) is 60.2 Å². The highest BCUT2D eigenvalue weighted by molar-refractivity contribution is 6.08. The van der Waals surface area contributed by atoms with Crippen molar-refractivity contribution in [3.8, 4) is 11.3 Å². The first-order valence-electron chi connectivity index (χ1n) is 10.1. The van der Waals surface area contributed by atoms with Crippen molar-refractivity contribution in [1.29, 1.82) is 0 Å². The first-order valence-corrected chi connectivity index (χ1v) is 10.1. The Morgan fingerprint density at radius 1 is 0.968 bits per heavy atom. The zero-order chi connectivity index (χ0) is 21.2. The first-order chi connectivity index (χ1) is 15.2. The van der Waals surface area contributed by atoms with E-state index in [9.17, 15) is 4.79 Å². The second kappa shape index (κ2) is 7.88. The van der Waals surface area contributed by atoms with Crippen LogP contribution in [0, 0.1) is 6.92 Å². The third-order valence-corrected chi connectivity index (χ3v) is 5.27. The average Bonchev–Trinajstić information content (AvgIpc) is 3.22. The third kappa shape index (κ3) is 3.69. The number of aryl methyl sites for hydroxylation is 1. The maximum absolute atomic E-state index is 13.1. The van der Waals surface area contributed by atoms with E-state index in [2.05, 4.69) is 15.5 Å². The molecule has 5 nitrogen and oxygen atoms in total. The van der Waals surface area contributed by atoms with Crippen molar-refractivity contribution < 1.29 is 4.79 Å². The van der Waals surface area contributed by atoms with Crippen molar-refractivity contribution in [1.82, 2.24) is 15.4 Å². The van der Waals surface area contributed by atoms with Crippen LogP contribution in [0.25, 0.3) is 33.1 Å². The molecule has 150 valence electrons. The van der Waals surface area contributed by atoms with Crippen molar-refractivity contribution in [3.63, 3.8) is 0 Å². The smallest absolute Gasteiger partial charge is 0.272 e. The summed E-state index contributed by atoms with van der Waals surface area (Å²) in [5.74, 6) is -0.272. The molecule has 0 spiro atoms. The zero-order valence-corrected chi connectivity index (χ0v) is 17.0. The molecule has 2 heterocycles. The molecule has 5 rings (SSSR count). The van der Waals surface area contributed by atoms with E-state index in [0.29, 0.717) is 5.56 Å². The van der Waals surface area contributed by atoms with Crippen molar-refractivity contribution in [3.05, 3.63) is 102 Å². The van der Waals surface area contributed by atoms with Gasteiger partial charge in [0.2, 0.25) is 0 Å². The number of amides is 1. The number of pyridine rings is 1. The van der Waals surface area contributed by atoms with E-state index in [-0.39, 0.29) is 5.91 Å². The van der Waals surface area contributed by atoms with E-state index >= 15 is 0 Å². The van der Waals surface area contributed by atoms with Gasteiger partial charge in [-0.25, -0.2) is 10.4 Å². The van der Waals surface area contributed by atoms with Gasteiger partial charge in [0.25, 0.3) is 5.91 Å². The molecule has 0 aliphatic rings. The summed E-state index contributed by atoms with van der Waals surface area (Å²) in [6.45, 7) is 2.00. The lowest BCUT2D eigenvalue weighted by Gasteiger charge is -2.10. The number of H-pyrrole nitrogens is 1. The number of para-hydroxylation sites is 1. The molecule has 0 aliphatic heterocycles. The quantitative estimate of drug-likeness (QED) is 0.309. The molecule has 0 unspecified atom stereocenters. The van der Waals surface area contributed by atoms with Crippen molar-refractivity contribution in [2.45, 2.75) is 6.92 Å². The van der Waals surface area contributed by atoms with Crippen LogP contribution in [0.4, 0.5) is 0 Å². The fourth-order valence-electron chi connectivity index (χ4n) is 3.71. The number of carbonyl (C=O) groups is 1. The highest BCUT2D eigenvalue weighted by Crippen LogP contribution is 2.25. The number of aromatic nitrogens is 2. The summed E-state index contributed by atoms with van der Waals surface area (Å²) in [7, 11) is 0. The van der Waals surface area contributed by atoms with Crippen LogP contribution in [-0.2, 0) is 0 Å². The molecule has 2 N–H and O–H groups in total. The average molecular weight is 404 g/mol. The van der Waals surface area contributed by atoms with E-state index in [1.807, 2.05) is 92.0 Å². The van der Waals surface area contributed by atoms with Crippen molar-refractivity contribution in [2.24, 2.45) is 5.10 Å². The molecule has 3 aromatic carbocycles. The summed E-state index contributed by atoms with van der Waals surface area (Å²) in [6.07, 6.45) is 3.53. The number of carbonyl (C=O) groups excluding carboxylic acids is 1. The predicted octanol–water partition coefficient (Wildman–Crippen LogP) is 5.46. The lowest BCUT2D eigenvalue weighted by Crippen LogP contribution is -2.18. The number of aromatic amines is 1. The fraction of sp³-hybridized carbons (Fsp3) is 0.0385. The number of hydrazone groups is 1. The SMILES string of the molecule is Cc1ccc2nc(-c3ccccc3)cc(C(=O)N/N=C/c3c[nH]c4ccccc34)c2c1. The highest BCUT2D eigenvalue weighted by atomic mass is 16.2. The summed E-state index contributed by atoms with van der Waals surface area (Å²) in [5.41, 5.74) is 8.72. The van der Waals surface area contributed by atoms with Crippen LogP contribution in [0.15, 0.2) is 90.2 Å². The molecule has 1 amide bonds. The second-order valence-electron chi connectivity index (χ2n) is 7.43. The largest absolute Gasteiger partial charge is 0.361 e. The molecular formula is C26H20N4O. The number of hydrogen-bond acceptors (Lipinski definition) is 3. The Kier molecular flexibility index (Phi) is 4.77. The lowest BCUT2D eigenvalue weighted by molar-refractivity contribution is 0.0956. The molecule has 0 saturated heterocycles. The molecule has 2 aromatic heterocycles. The number of rotatable bonds is 4. The number of nitrogens with zero attached hydrogens (tertiary/aromatic N) is 2. The van der Waals surface area contributed by atoms with Gasteiger partial charge in [-0.2, -0.15) is 5.10 Å². The predicted molar refractivity (Wildman–Crippen MR) is 125 cm³/mol. The van der Waals surface area contributed by atoms with E-state index in [4.69, 9.17) is 4.98 Å². The van der Waals surface area contributed by atoms with Gasteiger partial charge in [0.1, 0.15) is 0 Å². The third-order valence-electron chi connectivity index (χ3n) is 5.27. The molecule has 31 heavy (non-hydrogen) atoms. The number of benzene rings is 3. The van der Waals surface area contributed by atoms with Crippen molar-refractivity contribution in [2.75, 3.05) is 0 Å². The molecule has 0 aliphatic carbocycles. The van der Waals surface area contributed by atoms with E-state index in [1.165, 1.54) is 0 Å². The summed E-state index contributed by atoms with van der Waals surface area (Å²) >= 11 is 0. The van der Waals surface area contributed by atoms with Gasteiger partial charge in [0.05, 0.1) is 23.0 Å². The topological polar surface area (TPSA) is 70.1 Å². The van der Waals surface area contributed by atoms with Crippen LogP contribution in [0.1, 0.15) is 21.5 Å². The van der Waals surface area contributed by atoms with Crippen LogP contribution in [0.3, 0.4) is 0 Å². The molecule has 0 atom stereocenters. The van der Waals surface area contributed by atoms with Crippen LogP contribution < -0.4 is 5.43 Å². The number of hydrogen-bond donors (Lipinski definition) is 2. The van der Waals surface area contributed by atoms with E-state index in [0.717, 1.165) is 44.2 Å². The molecule has 5 aromatic rings. The van der Waals surface area contributed by atoms with Crippen LogP contribution in [0.2, 0.25) is 0 Å². The molecule has 5 heteroatoms. The molecule has 0 saturated carbocycles. The maximum Gasteiger partial charge on any atom is 0.272 e. The Labute approximate surface area is 179 Å². The molecular weight excluding hydrogens is 384 g/mol. The number of nitrogens with one attached hydrogen (secondary N) is 2. The van der Waals surface area contributed by atoms with E-state index in [1.54, 1.807) is 6.21 Å². The van der Waals surface area contributed by atoms with Crippen LogP contribution in [-0.4, -0.2) is 22.1 Å². The van der Waals surface area contributed by atoms with E-state index < -0.39 is 0 Å². The van der Waals surface area contributed by atoms with Gasteiger partial charge in [-0.15, -0.1) is 0 Å². The van der Waals surface area contributed by atoms with Crippen molar-refractivity contribution >= 4 is 33.9 Å². The lowest BCUT2D eigenvalue weighted by atomic mass is 10.0. The summed E-state index contributed by atoms with van der Waals surface area (Å²) in [5, 5.41) is 6.06. The minimum atomic E-state index is -0.272. The summed E-state index contributed by atoms with van der Waals surface area (Å²) in [6, 6.07) is 25.6. The Balaban J connectivity index is 1.50. The number of fused-ring (bicyclic) bond motifs is 2. The van der Waals surface area contributed by atoms with Gasteiger partial charge < -0.3 is 4.98 Å². The van der Waals surface area contributed by atoms with Crippen LogP contribution in [0.5, 0.6) is 0 Å². The first kappa shape index (κ1) is 18.8. The van der Waals surface area contributed by atoms with Gasteiger partial charge in [-0.3, -0.25) is 4.79 Å². The van der Waals surface area contributed by atoms with Gasteiger partial charge in [-0.05, 0) is 31.2 Å². The molecule has 0 fully saturated rings. The summed E-state index contributed by atoms with van der Waals surface area (Å²) in [4.78, 5) is 21.0. The van der Waals surface area contributed by atoms with Gasteiger partial charge in [0, 0.05) is 33.6 Å². The molecule has 0 radical (unpaired) electrons. The molecule has 0 bridgehead atoms. The monoisotopic (exact) mass is 404 g/mol. The maximum atomic E-state index is 13.1. The zero-order valence-electron chi connectivity index (χ0n) is 17.0. The Morgan fingerprint density at radius 3 is 2.65 bits per heavy atom. The van der Waals surface area contributed by atoms with Gasteiger partial charge >= 0.3 is 0 Å². The standard InChI is InChI=1S/C26H20N4O/c1-17-11-12-24-21(13-17)22(14-25(29-24)18-7-3-2-4-8-18)26(31)30-28-16-19-15-27-23-10-6-5-9-20(19)23/h2-16,27H,1H3,(H,30,31)/b28-16+. The Bertz CT molecular complexity index is 1430. The van der Waals surface area contributed by atoms with Gasteiger partial charge in [0.15, 0.2) is 0 Å². The van der Waals surface area contributed by atoms with Crippen LogP contribution >= 0.6 is 0 Å². The minimum Gasteiger partial charge on any atom is -0.361 e. The fourth-order valence-corrected chi connectivity index (χ4v) is 3.71. The summed E-state index contributed by atoms with van der Waals surface area (Å²) < 4.78 is 0. The Morgan fingerprint density at radius 2 is 1.77 bits per heavy atom.